The van der Waals surface area contributed by atoms with Crippen LogP contribution in [-0.4, -0.2) is 30.5 Å². The quantitative estimate of drug-likeness (QED) is 0.486. The molecule has 2 nitrogen and oxygen atoms in total. The summed E-state index contributed by atoms with van der Waals surface area (Å²) in [5.74, 6) is 0. The summed E-state index contributed by atoms with van der Waals surface area (Å²) in [5.41, 5.74) is 0. The van der Waals surface area contributed by atoms with Gasteiger partial charge in [-0.15, -0.1) is 12.4 Å². The maximum atomic E-state index is 12.0. The summed E-state index contributed by atoms with van der Waals surface area (Å²) in [6.45, 7) is 0.711. The highest BCUT2D eigenvalue weighted by Crippen LogP contribution is 2.01. The molecule has 0 aromatic heterocycles. The van der Waals surface area contributed by atoms with Crippen molar-refractivity contribution in [3.63, 3.8) is 0 Å². The number of rotatable bonds is 0. The molecule has 50 valence electrons. The maximum absolute atomic E-state index is 12.0. The van der Waals surface area contributed by atoms with Crippen molar-refractivity contribution in [2.75, 3.05) is 13.1 Å². The van der Waals surface area contributed by atoms with Crippen molar-refractivity contribution in [2.24, 2.45) is 0 Å². The standard InChI is InChI=1S/C4H8FNO.ClH/c5-3-1-6-2-4(3)7;/h3-4,6-7H,1-2H2;1H/t3-,4+;/m0./s1. The molecule has 1 saturated heterocycles. The van der Waals surface area contributed by atoms with E-state index in [0.29, 0.717) is 13.1 Å². The number of aliphatic hydroxyl groups excluding tert-OH is 1. The van der Waals surface area contributed by atoms with E-state index in [-0.39, 0.29) is 12.4 Å². The highest BCUT2D eigenvalue weighted by molar-refractivity contribution is 5.85. The predicted octanol–water partition coefficient (Wildman–Crippen LogP) is -0.290. The molecule has 0 saturated carbocycles. The molecule has 0 unspecified atom stereocenters. The van der Waals surface area contributed by atoms with Gasteiger partial charge in [0.05, 0.1) is 6.10 Å². The van der Waals surface area contributed by atoms with Crippen LogP contribution in [0.25, 0.3) is 0 Å². The highest BCUT2D eigenvalue weighted by atomic mass is 35.5. The van der Waals surface area contributed by atoms with Gasteiger partial charge in [-0.25, -0.2) is 4.39 Å². The molecule has 2 N–H and O–H groups in total. The zero-order chi connectivity index (χ0) is 5.28. The van der Waals surface area contributed by atoms with Gasteiger partial charge in [0, 0.05) is 13.1 Å². The summed E-state index contributed by atoms with van der Waals surface area (Å²) in [7, 11) is 0. The second-order valence-electron chi connectivity index (χ2n) is 1.74. The van der Waals surface area contributed by atoms with Crippen LogP contribution >= 0.6 is 12.4 Å². The van der Waals surface area contributed by atoms with E-state index in [1.54, 1.807) is 0 Å². The summed E-state index contributed by atoms with van der Waals surface area (Å²) in [5, 5.41) is 11.3. The summed E-state index contributed by atoms with van der Waals surface area (Å²) in [4.78, 5) is 0. The Morgan fingerprint density at radius 1 is 1.50 bits per heavy atom. The van der Waals surface area contributed by atoms with E-state index in [4.69, 9.17) is 5.11 Å². The van der Waals surface area contributed by atoms with E-state index in [1.807, 2.05) is 0 Å². The van der Waals surface area contributed by atoms with Crippen molar-refractivity contribution in [3.05, 3.63) is 0 Å². The molecule has 0 aromatic carbocycles. The van der Waals surface area contributed by atoms with E-state index in [9.17, 15) is 4.39 Å². The SMILES string of the molecule is Cl.O[C@@H]1CNC[C@@H]1F. The lowest BCUT2D eigenvalue weighted by molar-refractivity contribution is 0.118. The van der Waals surface area contributed by atoms with Crippen molar-refractivity contribution in [1.29, 1.82) is 0 Å². The molecule has 4 heteroatoms. The van der Waals surface area contributed by atoms with Gasteiger partial charge < -0.3 is 10.4 Å². The number of β-amino-alcohol motifs (C(OH)–C–C–N with tert-alkyl or cyclic N) is 1. The second kappa shape index (κ2) is 3.22. The third kappa shape index (κ3) is 1.58. The van der Waals surface area contributed by atoms with Crippen molar-refractivity contribution < 1.29 is 9.50 Å². The Labute approximate surface area is 53.5 Å². The van der Waals surface area contributed by atoms with Crippen molar-refractivity contribution in [3.8, 4) is 0 Å². The molecule has 1 rings (SSSR count). The molecule has 0 aliphatic carbocycles. The van der Waals surface area contributed by atoms with Gasteiger partial charge in [-0.1, -0.05) is 0 Å². The van der Waals surface area contributed by atoms with Crippen LogP contribution in [-0.2, 0) is 0 Å². The van der Waals surface area contributed by atoms with Gasteiger partial charge >= 0.3 is 0 Å². The van der Waals surface area contributed by atoms with Crippen LogP contribution < -0.4 is 5.32 Å². The Morgan fingerprint density at radius 2 is 2.12 bits per heavy atom. The molecule has 1 aliphatic rings. The van der Waals surface area contributed by atoms with Crippen molar-refractivity contribution in [1.82, 2.24) is 5.32 Å². The summed E-state index contributed by atoms with van der Waals surface area (Å²) in [6.07, 6.45) is -1.81. The zero-order valence-corrected chi connectivity index (χ0v) is 5.12. The van der Waals surface area contributed by atoms with Crippen molar-refractivity contribution in [2.45, 2.75) is 12.3 Å². The van der Waals surface area contributed by atoms with Crippen molar-refractivity contribution >= 4 is 12.4 Å². The minimum atomic E-state index is -1.04. The number of hydrogen-bond donors (Lipinski definition) is 2. The number of aliphatic hydroxyl groups is 1. The molecule has 2 atom stereocenters. The normalized spacial score (nSPS) is 36.8. The first-order valence-corrected chi connectivity index (χ1v) is 2.33. The van der Waals surface area contributed by atoms with E-state index in [0.717, 1.165) is 0 Å². The van der Waals surface area contributed by atoms with Crippen LogP contribution in [0.4, 0.5) is 4.39 Å². The van der Waals surface area contributed by atoms with E-state index >= 15 is 0 Å². The molecule has 1 fully saturated rings. The van der Waals surface area contributed by atoms with Crippen LogP contribution in [0.1, 0.15) is 0 Å². The molecule has 0 radical (unpaired) electrons. The lowest BCUT2D eigenvalue weighted by Gasteiger charge is -1.98. The molecular formula is C4H9ClFNO. The van der Waals surface area contributed by atoms with Crippen LogP contribution in [0.5, 0.6) is 0 Å². The fourth-order valence-electron chi connectivity index (χ4n) is 0.633. The first-order chi connectivity index (χ1) is 3.30. The highest BCUT2D eigenvalue weighted by Gasteiger charge is 2.23. The molecule has 0 bridgehead atoms. The minimum Gasteiger partial charge on any atom is -0.389 e. The molecule has 1 heterocycles. The average Bonchev–Trinajstić information content (AvgIpc) is 1.91. The Kier molecular flexibility index (Phi) is 3.28. The number of nitrogens with one attached hydrogen (secondary N) is 1. The lowest BCUT2D eigenvalue weighted by Crippen LogP contribution is -2.17. The fraction of sp³-hybridized carbons (Fsp3) is 1.00. The summed E-state index contributed by atoms with van der Waals surface area (Å²) < 4.78 is 12.0. The van der Waals surface area contributed by atoms with E-state index < -0.39 is 12.3 Å². The van der Waals surface area contributed by atoms with Crippen LogP contribution in [0, 0.1) is 0 Å². The average molecular weight is 142 g/mol. The topological polar surface area (TPSA) is 32.3 Å². The molecule has 0 spiro atoms. The van der Waals surface area contributed by atoms with Gasteiger partial charge in [-0.2, -0.15) is 0 Å². The Hall–Kier alpha value is 0.140. The maximum Gasteiger partial charge on any atom is 0.139 e. The summed E-state index contributed by atoms with van der Waals surface area (Å²) >= 11 is 0. The second-order valence-corrected chi connectivity index (χ2v) is 1.74. The molecular weight excluding hydrogens is 133 g/mol. The molecule has 0 aromatic rings. The first kappa shape index (κ1) is 8.14. The third-order valence-electron chi connectivity index (χ3n) is 1.11. The third-order valence-corrected chi connectivity index (χ3v) is 1.11. The monoisotopic (exact) mass is 141 g/mol. The number of halogens is 2. The zero-order valence-electron chi connectivity index (χ0n) is 4.30. The number of hydrogen-bond acceptors (Lipinski definition) is 2. The lowest BCUT2D eigenvalue weighted by atomic mass is 10.3. The minimum absolute atomic E-state index is 0. The largest absolute Gasteiger partial charge is 0.389 e. The Bertz CT molecular complexity index is 65.1. The van der Waals surface area contributed by atoms with Gasteiger partial charge in [0.25, 0.3) is 0 Å². The van der Waals surface area contributed by atoms with Crippen LogP contribution in [0.2, 0.25) is 0 Å². The first-order valence-electron chi connectivity index (χ1n) is 2.33. The van der Waals surface area contributed by atoms with E-state index in [2.05, 4.69) is 5.32 Å². The molecule has 8 heavy (non-hydrogen) atoms. The van der Waals surface area contributed by atoms with Gasteiger partial charge in [-0.3, -0.25) is 0 Å². The van der Waals surface area contributed by atoms with Gasteiger partial charge in [-0.05, 0) is 0 Å². The Morgan fingerprint density at radius 3 is 2.25 bits per heavy atom. The summed E-state index contributed by atoms with van der Waals surface area (Å²) in [6, 6.07) is 0. The van der Waals surface area contributed by atoms with Crippen LogP contribution in [0.15, 0.2) is 0 Å². The fourth-order valence-corrected chi connectivity index (χ4v) is 0.633. The molecule has 0 amide bonds. The van der Waals surface area contributed by atoms with Gasteiger partial charge in [0.1, 0.15) is 6.17 Å². The van der Waals surface area contributed by atoms with Gasteiger partial charge in [0.2, 0.25) is 0 Å². The number of alkyl halides is 1. The molecule has 1 aliphatic heterocycles. The van der Waals surface area contributed by atoms with E-state index in [1.165, 1.54) is 0 Å². The smallest absolute Gasteiger partial charge is 0.139 e. The predicted molar refractivity (Wildman–Crippen MR) is 31.0 cm³/mol. The van der Waals surface area contributed by atoms with Crippen LogP contribution in [0.3, 0.4) is 0 Å². The Balaban J connectivity index is 0.000000490. The van der Waals surface area contributed by atoms with Gasteiger partial charge in [0.15, 0.2) is 0 Å².